The number of benzene rings is 2. The maximum absolute atomic E-state index is 13.1. The molecule has 0 unspecified atom stereocenters. The van der Waals surface area contributed by atoms with Crippen molar-refractivity contribution in [1.82, 2.24) is 10.1 Å². The quantitative estimate of drug-likeness (QED) is 0.237. The third-order valence-electron chi connectivity index (χ3n) is 4.85. The number of hydrogen-bond acceptors (Lipinski definition) is 6. The fraction of sp³-hybridized carbons (Fsp3) is 0.190. The third kappa shape index (κ3) is 3.82. The maximum Gasteiger partial charge on any atom is 0.325 e. The van der Waals surface area contributed by atoms with Crippen molar-refractivity contribution >= 4 is 56.9 Å². The SMILES string of the molecule is CSc1n[n+]2c(c(=O)[nH]1)-c1ccccc1N(C(C)=O)[C@@H]2c1cc(Cl)cc(Br)c1OC(C)=O. The van der Waals surface area contributed by atoms with Crippen LogP contribution in [0.2, 0.25) is 5.02 Å². The Hall–Kier alpha value is -2.69. The zero-order valence-electron chi connectivity index (χ0n) is 17.2. The summed E-state index contributed by atoms with van der Waals surface area (Å²) in [6.45, 7) is 2.70. The molecular weight excluding hydrogens is 520 g/mol. The monoisotopic (exact) mass is 535 g/mol. The fourth-order valence-electron chi connectivity index (χ4n) is 3.71. The lowest BCUT2D eigenvalue weighted by molar-refractivity contribution is -0.763. The molecule has 164 valence electrons. The first-order valence-corrected chi connectivity index (χ1v) is 11.8. The molecule has 4 rings (SSSR count). The molecule has 2 aromatic carbocycles. The fourth-order valence-corrected chi connectivity index (χ4v) is 4.99. The number of anilines is 1. The van der Waals surface area contributed by atoms with Gasteiger partial charge in [-0.3, -0.25) is 19.4 Å². The minimum absolute atomic E-state index is 0.184. The van der Waals surface area contributed by atoms with Crippen molar-refractivity contribution in [3.8, 4) is 17.0 Å². The molecule has 1 N–H and O–H groups in total. The average Bonchev–Trinajstić information content (AvgIpc) is 2.73. The van der Waals surface area contributed by atoms with Gasteiger partial charge in [0.15, 0.2) is 5.75 Å². The number of aromatic amines is 1. The molecule has 2 heterocycles. The van der Waals surface area contributed by atoms with Crippen LogP contribution in [-0.4, -0.2) is 28.2 Å². The maximum atomic E-state index is 13.1. The van der Waals surface area contributed by atoms with Crippen molar-refractivity contribution in [3.05, 3.63) is 61.8 Å². The van der Waals surface area contributed by atoms with E-state index in [2.05, 4.69) is 26.0 Å². The van der Waals surface area contributed by atoms with Crippen LogP contribution in [0, 0.1) is 0 Å². The topological polar surface area (TPSA) is 96.2 Å². The van der Waals surface area contributed by atoms with Gasteiger partial charge >= 0.3 is 17.2 Å². The van der Waals surface area contributed by atoms with Gasteiger partial charge in [-0.1, -0.05) is 35.5 Å². The van der Waals surface area contributed by atoms with Gasteiger partial charge in [-0.15, -0.1) is 0 Å². The molecule has 0 aliphatic carbocycles. The Balaban J connectivity index is 2.14. The van der Waals surface area contributed by atoms with Crippen LogP contribution in [0.5, 0.6) is 5.75 Å². The van der Waals surface area contributed by atoms with Crippen LogP contribution in [0.25, 0.3) is 11.3 Å². The summed E-state index contributed by atoms with van der Waals surface area (Å²) in [5, 5.41) is 5.30. The number of nitrogens with zero attached hydrogens (tertiary/aromatic N) is 3. The number of carbonyl (C=O) groups excluding carboxylic acids is 2. The molecule has 3 aromatic rings. The first kappa shape index (κ1) is 22.5. The van der Waals surface area contributed by atoms with Crippen molar-refractivity contribution < 1.29 is 19.0 Å². The number of hydrogen-bond donors (Lipinski definition) is 1. The number of thioether (sulfide) groups is 1. The number of H-pyrrole nitrogens is 1. The Morgan fingerprint density at radius 2 is 2.00 bits per heavy atom. The molecular formula is C21H17BrClN4O4S+. The minimum Gasteiger partial charge on any atom is -0.425 e. The molecule has 0 saturated heterocycles. The Morgan fingerprint density at radius 1 is 1.28 bits per heavy atom. The van der Waals surface area contributed by atoms with Crippen LogP contribution >= 0.6 is 39.3 Å². The second-order valence-electron chi connectivity index (χ2n) is 6.94. The number of esters is 1. The summed E-state index contributed by atoms with van der Waals surface area (Å²) in [6, 6.07) is 10.2. The highest BCUT2D eigenvalue weighted by Crippen LogP contribution is 2.42. The van der Waals surface area contributed by atoms with E-state index in [1.807, 2.05) is 0 Å². The van der Waals surface area contributed by atoms with Crippen LogP contribution in [0.15, 0.2) is 50.8 Å². The van der Waals surface area contributed by atoms with Gasteiger partial charge < -0.3 is 4.74 Å². The van der Waals surface area contributed by atoms with Crippen LogP contribution in [0.1, 0.15) is 25.6 Å². The standard InChI is InChI=1S/C21H16BrClN4O4S/c1-10(28)26-16-7-5-4-6-13(16)17-19(30)24-21(32-3)25-27(17)20(26)14-8-12(23)9-15(22)18(14)31-11(2)29/h4-9,20H,1-3H3/p+1/t20-/m0/s1. The van der Waals surface area contributed by atoms with E-state index >= 15 is 0 Å². The number of nitrogens with one attached hydrogen (secondary N) is 1. The highest BCUT2D eigenvalue weighted by atomic mass is 79.9. The van der Waals surface area contributed by atoms with Crippen molar-refractivity contribution in [2.45, 2.75) is 25.2 Å². The van der Waals surface area contributed by atoms with Crippen LogP contribution in [-0.2, 0) is 9.59 Å². The van der Waals surface area contributed by atoms with Crippen molar-refractivity contribution in [1.29, 1.82) is 0 Å². The van der Waals surface area contributed by atoms with Crippen LogP contribution < -0.4 is 19.9 Å². The van der Waals surface area contributed by atoms with Gasteiger partial charge in [-0.25, -0.2) is 4.90 Å². The highest BCUT2D eigenvalue weighted by molar-refractivity contribution is 9.10. The molecule has 11 heteroatoms. The third-order valence-corrected chi connectivity index (χ3v) is 6.23. The summed E-state index contributed by atoms with van der Waals surface area (Å²) >= 11 is 11.0. The smallest absolute Gasteiger partial charge is 0.325 e. The summed E-state index contributed by atoms with van der Waals surface area (Å²) in [5.41, 5.74) is 1.38. The molecule has 0 radical (unpaired) electrons. The molecule has 1 atom stereocenters. The van der Waals surface area contributed by atoms with Crippen LogP contribution in [0.4, 0.5) is 5.69 Å². The number of amides is 1. The van der Waals surface area contributed by atoms with Gasteiger partial charge in [-0.05, 0) is 51.1 Å². The molecule has 0 fully saturated rings. The molecule has 1 amide bonds. The second kappa shape index (κ2) is 8.68. The molecule has 0 saturated carbocycles. The van der Waals surface area contributed by atoms with Gasteiger partial charge in [0.1, 0.15) is 0 Å². The number of halogens is 2. The number of fused-ring (bicyclic) bond motifs is 3. The number of ether oxygens (including phenoxy) is 1. The van der Waals surface area contributed by atoms with Gasteiger partial charge in [0.2, 0.25) is 11.1 Å². The molecule has 1 aromatic heterocycles. The Bertz CT molecular complexity index is 1330. The summed E-state index contributed by atoms with van der Waals surface area (Å²) < 4.78 is 7.38. The number of aromatic nitrogens is 3. The van der Waals surface area contributed by atoms with Crippen LogP contribution in [0.3, 0.4) is 0 Å². The Labute approximate surface area is 200 Å². The average molecular weight is 537 g/mol. The van der Waals surface area contributed by atoms with Crippen molar-refractivity contribution in [2.24, 2.45) is 0 Å². The van der Waals surface area contributed by atoms with Gasteiger partial charge in [0.05, 0.1) is 21.3 Å². The van der Waals surface area contributed by atoms with Gasteiger partial charge in [0.25, 0.3) is 6.17 Å². The first-order chi connectivity index (χ1) is 15.2. The first-order valence-electron chi connectivity index (χ1n) is 9.39. The van der Waals surface area contributed by atoms with E-state index in [0.29, 0.717) is 31.5 Å². The summed E-state index contributed by atoms with van der Waals surface area (Å²) in [5.74, 6) is -0.657. The number of para-hydroxylation sites is 1. The Morgan fingerprint density at radius 3 is 2.66 bits per heavy atom. The zero-order chi connectivity index (χ0) is 23.2. The predicted octanol–water partition coefficient (Wildman–Crippen LogP) is 3.70. The molecule has 8 nitrogen and oxygen atoms in total. The van der Waals surface area contributed by atoms with Gasteiger partial charge in [0, 0.05) is 24.0 Å². The molecule has 0 spiro atoms. The normalized spacial score (nSPS) is 14.5. The Kier molecular flexibility index (Phi) is 6.11. The largest absolute Gasteiger partial charge is 0.425 e. The predicted molar refractivity (Wildman–Crippen MR) is 124 cm³/mol. The highest BCUT2D eigenvalue weighted by Gasteiger charge is 2.46. The summed E-state index contributed by atoms with van der Waals surface area (Å²) in [7, 11) is 0. The molecule has 1 aliphatic rings. The van der Waals surface area contributed by atoms with E-state index in [1.54, 1.807) is 42.7 Å². The zero-order valence-corrected chi connectivity index (χ0v) is 20.3. The van der Waals surface area contributed by atoms with Gasteiger partial charge in [-0.2, -0.15) is 0 Å². The molecule has 32 heavy (non-hydrogen) atoms. The summed E-state index contributed by atoms with van der Waals surface area (Å²) in [4.78, 5) is 42.2. The molecule has 0 bridgehead atoms. The van der Waals surface area contributed by atoms with E-state index in [0.717, 1.165) is 0 Å². The lowest BCUT2D eigenvalue weighted by Gasteiger charge is -2.32. The van der Waals surface area contributed by atoms with Crippen molar-refractivity contribution in [2.75, 3.05) is 11.2 Å². The number of carbonyl (C=O) groups is 2. The lowest BCUT2D eigenvalue weighted by Crippen LogP contribution is -2.60. The summed E-state index contributed by atoms with van der Waals surface area (Å²) in [6.07, 6.45) is 0.843. The van der Waals surface area contributed by atoms with E-state index < -0.39 is 12.1 Å². The minimum atomic E-state index is -0.935. The van der Waals surface area contributed by atoms with E-state index in [4.69, 9.17) is 16.3 Å². The van der Waals surface area contributed by atoms with E-state index in [-0.39, 0.29) is 22.9 Å². The number of rotatable bonds is 3. The molecule has 1 aliphatic heterocycles. The van der Waals surface area contributed by atoms with E-state index in [9.17, 15) is 14.4 Å². The van der Waals surface area contributed by atoms with Crippen molar-refractivity contribution in [3.63, 3.8) is 0 Å². The lowest BCUT2D eigenvalue weighted by atomic mass is 10.0. The second-order valence-corrected chi connectivity index (χ2v) is 9.02. The van der Waals surface area contributed by atoms with E-state index in [1.165, 1.54) is 35.2 Å².